The van der Waals surface area contributed by atoms with Gasteiger partial charge in [-0.15, -0.1) is 0 Å². The minimum atomic E-state index is 0.279. The lowest BCUT2D eigenvalue weighted by atomic mass is 9.98. The zero-order valence-electron chi connectivity index (χ0n) is 6.96. The predicted octanol–water partition coefficient (Wildman–Crippen LogP) is 1.45. The van der Waals surface area contributed by atoms with Crippen molar-refractivity contribution in [1.82, 2.24) is 0 Å². The molecule has 1 aliphatic rings. The number of ether oxygens (including phenoxy) is 2. The highest BCUT2D eigenvalue weighted by molar-refractivity contribution is 4.74. The first kappa shape index (κ1) is 8.02. The Bertz CT molecular complexity index is 103. The Morgan fingerprint density at radius 1 is 1.40 bits per heavy atom. The van der Waals surface area contributed by atoms with Crippen LogP contribution < -0.4 is 0 Å². The van der Waals surface area contributed by atoms with E-state index in [-0.39, 0.29) is 6.10 Å². The van der Waals surface area contributed by atoms with Gasteiger partial charge in [0.15, 0.2) is 0 Å². The standard InChI is InChI=1S/C8H16O2/c1-6-4-8(9-3)7(2)10-5-6/h6-8H,4-5H2,1-3H3/t6-,7+,8?/m1/s1. The van der Waals surface area contributed by atoms with Crippen LogP contribution in [-0.2, 0) is 9.47 Å². The van der Waals surface area contributed by atoms with E-state index in [1.807, 2.05) is 0 Å². The van der Waals surface area contributed by atoms with Crippen LogP contribution in [-0.4, -0.2) is 25.9 Å². The van der Waals surface area contributed by atoms with E-state index in [1.54, 1.807) is 7.11 Å². The fraction of sp³-hybridized carbons (Fsp3) is 1.00. The van der Waals surface area contributed by atoms with E-state index in [1.165, 1.54) is 0 Å². The molecule has 0 N–H and O–H groups in total. The Hall–Kier alpha value is -0.0800. The number of hydrogen-bond donors (Lipinski definition) is 0. The largest absolute Gasteiger partial charge is 0.379 e. The van der Waals surface area contributed by atoms with Crippen molar-refractivity contribution in [2.45, 2.75) is 32.5 Å². The molecule has 0 spiro atoms. The second-order valence-corrected chi connectivity index (χ2v) is 3.15. The van der Waals surface area contributed by atoms with Gasteiger partial charge in [-0.05, 0) is 19.3 Å². The first-order chi connectivity index (χ1) is 4.74. The molecule has 1 rings (SSSR count). The second-order valence-electron chi connectivity index (χ2n) is 3.15. The molecule has 0 bridgehead atoms. The molecule has 0 saturated carbocycles. The lowest BCUT2D eigenvalue weighted by Crippen LogP contribution is -2.36. The lowest BCUT2D eigenvalue weighted by Gasteiger charge is -2.31. The molecule has 10 heavy (non-hydrogen) atoms. The van der Waals surface area contributed by atoms with Crippen molar-refractivity contribution in [2.75, 3.05) is 13.7 Å². The SMILES string of the molecule is COC1C[C@@H](C)CO[C@H]1C. The van der Waals surface area contributed by atoms with Gasteiger partial charge in [-0.2, -0.15) is 0 Å². The molecule has 1 saturated heterocycles. The van der Waals surface area contributed by atoms with Crippen molar-refractivity contribution >= 4 is 0 Å². The van der Waals surface area contributed by atoms with Crippen molar-refractivity contribution in [3.05, 3.63) is 0 Å². The molecule has 1 fully saturated rings. The van der Waals surface area contributed by atoms with Gasteiger partial charge in [-0.25, -0.2) is 0 Å². The Balaban J connectivity index is 2.38. The molecule has 0 amide bonds. The molecule has 3 atom stereocenters. The van der Waals surface area contributed by atoms with Crippen molar-refractivity contribution in [3.8, 4) is 0 Å². The van der Waals surface area contributed by atoms with Crippen molar-refractivity contribution in [1.29, 1.82) is 0 Å². The van der Waals surface area contributed by atoms with Crippen LogP contribution in [0.25, 0.3) is 0 Å². The first-order valence-electron chi connectivity index (χ1n) is 3.88. The first-order valence-corrected chi connectivity index (χ1v) is 3.88. The summed E-state index contributed by atoms with van der Waals surface area (Å²) < 4.78 is 10.7. The van der Waals surface area contributed by atoms with E-state index >= 15 is 0 Å². The summed E-state index contributed by atoms with van der Waals surface area (Å²) in [5, 5.41) is 0. The van der Waals surface area contributed by atoms with E-state index in [2.05, 4.69) is 13.8 Å². The van der Waals surface area contributed by atoms with Crippen LogP contribution in [0.2, 0.25) is 0 Å². The van der Waals surface area contributed by atoms with E-state index in [0.717, 1.165) is 13.0 Å². The van der Waals surface area contributed by atoms with Gasteiger partial charge in [0.05, 0.1) is 12.2 Å². The summed E-state index contributed by atoms with van der Waals surface area (Å²) in [6.07, 6.45) is 1.72. The van der Waals surface area contributed by atoms with E-state index in [4.69, 9.17) is 9.47 Å². The molecular formula is C8H16O2. The van der Waals surface area contributed by atoms with Crippen LogP contribution in [0.5, 0.6) is 0 Å². The molecule has 1 heterocycles. The summed E-state index contributed by atoms with van der Waals surface area (Å²) in [5.74, 6) is 0.654. The van der Waals surface area contributed by atoms with Gasteiger partial charge in [0.25, 0.3) is 0 Å². The van der Waals surface area contributed by atoms with Gasteiger partial charge in [0.2, 0.25) is 0 Å². The average molecular weight is 144 g/mol. The highest BCUT2D eigenvalue weighted by Crippen LogP contribution is 2.20. The predicted molar refractivity (Wildman–Crippen MR) is 40.0 cm³/mol. The van der Waals surface area contributed by atoms with Gasteiger partial charge in [-0.1, -0.05) is 6.92 Å². The molecule has 2 nitrogen and oxygen atoms in total. The molecule has 1 unspecified atom stereocenters. The van der Waals surface area contributed by atoms with Crippen molar-refractivity contribution in [2.24, 2.45) is 5.92 Å². The van der Waals surface area contributed by atoms with E-state index in [0.29, 0.717) is 12.0 Å². The Kier molecular flexibility index (Phi) is 2.69. The minimum absolute atomic E-state index is 0.279. The smallest absolute Gasteiger partial charge is 0.0833 e. The van der Waals surface area contributed by atoms with Crippen LogP contribution in [0, 0.1) is 5.92 Å². The van der Waals surface area contributed by atoms with Crippen LogP contribution in [0.15, 0.2) is 0 Å². The Morgan fingerprint density at radius 2 is 2.10 bits per heavy atom. The van der Waals surface area contributed by atoms with Gasteiger partial charge >= 0.3 is 0 Å². The second kappa shape index (κ2) is 3.35. The molecule has 60 valence electrons. The molecule has 0 aromatic carbocycles. The van der Waals surface area contributed by atoms with Gasteiger partial charge < -0.3 is 9.47 Å². The van der Waals surface area contributed by atoms with Crippen LogP contribution in [0.4, 0.5) is 0 Å². The van der Waals surface area contributed by atoms with Gasteiger partial charge in [-0.3, -0.25) is 0 Å². The number of rotatable bonds is 1. The van der Waals surface area contributed by atoms with E-state index < -0.39 is 0 Å². The highest BCUT2D eigenvalue weighted by atomic mass is 16.5. The zero-order valence-corrected chi connectivity index (χ0v) is 6.96. The lowest BCUT2D eigenvalue weighted by molar-refractivity contribution is -0.101. The molecule has 0 aromatic rings. The van der Waals surface area contributed by atoms with E-state index in [9.17, 15) is 0 Å². The fourth-order valence-electron chi connectivity index (χ4n) is 1.37. The minimum Gasteiger partial charge on any atom is -0.379 e. The molecule has 0 aliphatic carbocycles. The third-order valence-electron chi connectivity index (χ3n) is 2.10. The molecule has 2 heteroatoms. The zero-order chi connectivity index (χ0) is 7.56. The van der Waals surface area contributed by atoms with Crippen molar-refractivity contribution in [3.63, 3.8) is 0 Å². The van der Waals surface area contributed by atoms with Crippen LogP contribution in [0.1, 0.15) is 20.3 Å². The maximum absolute atomic E-state index is 5.47. The Morgan fingerprint density at radius 3 is 2.60 bits per heavy atom. The topological polar surface area (TPSA) is 18.5 Å². The summed E-state index contributed by atoms with van der Waals surface area (Å²) in [6, 6.07) is 0. The third-order valence-corrected chi connectivity index (χ3v) is 2.10. The summed E-state index contributed by atoms with van der Waals surface area (Å²) in [7, 11) is 1.75. The van der Waals surface area contributed by atoms with Gasteiger partial charge in [0, 0.05) is 13.7 Å². The van der Waals surface area contributed by atoms with Gasteiger partial charge in [0.1, 0.15) is 0 Å². The number of methoxy groups -OCH3 is 1. The normalized spacial score (nSPS) is 41.7. The summed E-state index contributed by atoms with van der Waals surface area (Å²) in [5.41, 5.74) is 0. The maximum atomic E-state index is 5.47. The fourth-order valence-corrected chi connectivity index (χ4v) is 1.37. The Labute approximate surface area is 62.5 Å². The maximum Gasteiger partial charge on any atom is 0.0833 e. The summed E-state index contributed by atoms with van der Waals surface area (Å²) in [6.45, 7) is 5.15. The summed E-state index contributed by atoms with van der Waals surface area (Å²) >= 11 is 0. The van der Waals surface area contributed by atoms with Crippen molar-refractivity contribution < 1.29 is 9.47 Å². The third kappa shape index (κ3) is 1.70. The van der Waals surface area contributed by atoms with Crippen LogP contribution >= 0.6 is 0 Å². The average Bonchev–Trinajstić information content (AvgIpc) is 1.94. The molecule has 0 aromatic heterocycles. The summed E-state index contributed by atoms with van der Waals surface area (Å²) in [4.78, 5) is 0. The molecule has 1 aliphatic heterocycles. The molecule has 0 radical (unpaired) electrons. The monoisotopic (exact) mass is 144 g/mol. The van der Waals surface area contributed by atoms with Crippen LogP contribution in [0.3, 0.4) is 0 Å². The number of hydrogen-bond acceptors (Lipinski definition) is 2. The highest BCUT2D eigenvalue weighted by Gasteiger charge is 2.25. The molecular weight excluding hydrogens is 128 g/mol. The quantitative estimate of drug-likeness (QED) is 0.554.